The second kappa shape index (κ2) is 5.44. The first-order valence-electron chi connectivity index (χ1n) is 5.80. The van der Waals surface area contributed by atoms with Crippen LogP contribution in [0, 0.1) is 12.8 Å². The number of nitrogens with one attached hydrogen (secondary N) is 1. The van der Waals surface area contributed by atoms with Crippen LogP contribution in [-0.4, -0.2) is 17.0 Å². The zero-order valence-electron chi connectivity index (χ0n) is 10.3. The molecule has 1 atom stereocenters. The fourth-order valence-electron chi connectivity index (χ4n) is 1.64. The van der Waals surface area contributed by atoms with Crippen LogP contribution in [-0.2, 0) is 0 Å². The molecule has 0 saturated heterocycles. The van der Waals surface area contributed by atoms with Crippen LogP contribution in [0.15, 0.2) is 27.7 Å². The summed E-state index contributed by atoms with van der Waals surface area (Å²) in [6, 6.07) is 6.76. The van der Waals surface area contributed by atoms with Crippen molar-refractivity contribution in [1.29, 1.82) is 0 Å². The van der Waals surface area contributed by atoms with E-state index in [0.717, 1.165) is 21.1 Å². The van der Waals surface area contributed by atoms with Crippen LogP contribution in [0.1, 0.15) is 19.4 Å². The number of anilines is 1. The SMILES string of the molecule is Cc1ccc(NC2=NC(C(C)C)CS2)c(Br)c1. The van der Waals surface area contributed by atoms with Crippen LogP contribution < -0.4 is 5.32 Å². The summed E-state index contributed by atoms with van der Waals surface area (Å²) in [5, 5.41) is 4.42. The van der Waals surface area contributed by atoms with Crippen molar-refractivity contribution in [1.82, 2.24) is 0 Å². The molecule has 1 aromatic carbocycles. The topological polar surface area (TPSA) is 24.4 Å². The van der Waals surface area contributed by atoms with Gasteiger partial charge in [0.1, 0.15) is 0 Å². The smallest absolute Gasteiger partial charge is 0.161 e. The lowest BCUT2D eigenvalue weighted by Gasteiger charge is -2.09. The molecule has 0 radical (unpaired) electrons. The lowest BCUT2D eigenvalue weighted by molar-refractivity contribution is 0.543. The average molecular weight is 313 g/mol. The largest absolute Gasteiger partial charge is 0.334 e. The normalized spacial score (nSPS) is 19.6. The third-order valence-corrected chi connectivity index (χ3v) is 4.45. The van der Waals surface area contributed by atoms with Gasteiger partial charge in [-0.2, -0.15) is 0 Å². The van der Waals surface area contributed by atoms with Gasteiger partial charge in [0.25, 0.3) is 0 Å². The standard InChI is InChI=1S/C13H17BrN2S/c1-8(2)12-7-17-13(16-12)15-11-5-4-9(3)6-10(11)14/h4-6,8,12H,7H2,1-3H3,(H,15,16). The van der Waals surface area contributed by atoms with E-state index in [0.29, 0.717) is 12.0 Å². The van der Waals surface area contributed by atoms with Crippen molar-refractivity contribution in [2.75, 3.05) is 11.1 Å². The van der Waals surface area contributed by atoms with Gasteiger partial charge in [0, 0.05) is 10.2 Å². The fourth-order valence-corrected chi connectivity index (χ4v) is 3.41. The van der Waals surface area contributed by atoms with E-state index in [1.165, 1.54) is 5.56 Å². The van der Waals surface area contributed by atoms with Gasteiger partial charge in [-0.3, -0.25) is 4.99 Å². The Bertz CT molecular complexity index is 443. The molecule has 1 aliphatic rings. The first kappa shape index (κ1) is 13.0. The molecule has 17 heavy (non-hydrogen) atoms. The first-order chi connectivity index (χ1) is 8.06. The van der Waals surface area contributed by atoms with Gasteiger partial charge in [-0.1, -0.05) is 31.7 Å². The molecule has 0 saturated carbocycles. The summed E-state index contributed by atoms with van der Waals surface area (Å²) in [7, 11) is 0. The molecule has 4 heteroatoms. The molecule has 2 nitrogen and oxygen atoms in total. The number of nitrogens with zero attached hydrogens (tertiary/aromatic N) is 1. The summed E-state index contributed by atoms with van der Waals surface area (Å²) >= 11 is 5.38. The number of hydrogen-bond acceptors (Lipinski definition) is 3. The Morgan fingerprint density at radius 2 is 2.24 bits per heavy atom. The van der Waals surface area contributed by atoms with E-state index >= 15 is 0 Å². The number of rotatable bonds is 2. The van der Waals surface area contributed by atoms with Crippen molar-refractivity contribution in [2.24, 2.45) is 10.9 Å². The van der Waals surface area contributed by atoms with Gasteiger partial charge in [0.2, 0.25) is 0 Å². The van der Waals surface area contributed by atoms with Crippen molar-refractivity contribution >= 4 is 38.5 Å². The van der Waals surface area contributed by atoms with E-state index in [1.54, 1.807) is 11.8 Å². The molecule has 0 aliphatic carbocycles. The summed E-state index contributed by atoms with van der Waals surface area (Å²) < 4.78 is 1.09. The highest BCUT2D eigenvalue weighted by molar-refractivity contribution is 9.10. The average Bonchev–Trinajstić information content (AvgIpc) is 2.71. The van der Waals surface area contributed by atoms with Crippen molar-refractivity contribution in [3.8, 4) is 0 Å². The number of thioether (sulfide) groups is 1. The Morgan fingerprint density at radius 3 is 2.82 bits per heavy atom. The van der Waals surface area contributed by atoms with Gasteiger partial charge in [-0.25, -0.2) is 0 Å². The third kappa shape index (κ3) is 3.26. The van der Waals surface area contributed by atoms with Gasteiger partial charge >= 0.3 is 0 Å². The van der Waals surface area contributed by atoms with Gasteiger partial charge in [0.05, 0.1) is 11.7 Å². The Morgan fingerprint density at radius 1 is 1.47 bits per heavy atom. The highest BCUT2D eigenvalue weighted by atomic mass is 79.9. The zero-order valence-corrected chi connectivity index (χ0v) is 12.7. The van der Waals surface area contributed by atoms with Crippen molar-refractivity contribution < 1.29 is 0 Å². The number of aryl methyl sites for hydroxylation is 1. The number of hydrogen-bond donors (Lipinski definition) is 1. The lowest BCUT2D eigenvalue weighted by Crippen LogP contribution is -2.12. The maximum absolute atomic E-state index is 4.69. The molecule has 1 heterocycles. The minimum atomic E-state index is 0.451. The highest BCUT2D eigenvalue weighted by Crippen LogP contribution is 2.28. The molecule has 1 N–H and O–H groups in total. The van der Waals surface area contributed by atoms with Crippen molar-refractivity contribution in [2.45, 2.75) is 26.8 Å². The van der Waals surface area contributed by atoms with Gasteiger partial charge in [0.15, 0.2) is 5.17 Å². The first-order valence-corrected chi connectivity index (χ1v) is 7.58. The molecule has 1 unspecified atom stereocenters. The molecule has 0 amide bonds. The van der Waals surface area contributed by atoms with E-state index < -0.39 is 0 Å². The fraction of sp³-hybridized carbons (Fsp3) is 0.462. The van der Waals surface area contributed by atoms with Crippen molar-refractivity contribution in [3.63, 3.8) is 0 Å². The van der Waals surface area contributed by atoms with Crippen LogP contribution in [0.5, 0.6) is 0 Å². The minimum Gasteiger partial charge on any atom is -0.334 e. The van der Waals surface area contributed by atoms with Crippen LogP contribution in [0.4, 0.5) is 5.69 Å². The number of halogens is 1. The molecular formula is C13H17BrN2S. The molecule has 0 bridgehead atoms. The lowest BCUT2D eigenvalue weighted by atomic mass is 10.1. The summed E-state index contributed by atoms with van der Waals surface area (Å²) in [4.78, 5) is 4.69. The van der Waals surface area contributed by atoms with Crippen LogP contribution in [0.2, 0.25) is 0 Å². The Hall–Kier alpha value is -0.480. The number of aliphatic imine (C=N–C) groups is 1. The van der Waals surface area contributed by atoms with E-state index in [4.69, 9.17) is 4.99 Å². The van der Waals surface area contributed by atoms with Crippen molar-refractivity contribution in [3.05, 3.63) is 28.2 Å². The molecule has 0 fully saturated rings. The number of benzene rings is 1. The van der Waals surface area contributed by atoms with Gasteiger partial charge in [-0.05, 0) is 46.5 Å². The molecule has 0 spiro atoms. The highest BCUT2D eigenvalue weighted by Gasteiger charge is 2.21. The summed E-state index contributed by atoms with van der Waals surface area (Å²) in [6.07, 6.45) is 0. The summed E-state index contributed by atoms with van der Waals surface area (Å²) in [5.74, 6) is 1.70. The Labute approximate surface area is 115 Å². The Kier molecular flexibility index (Phi) is 4.15. The second-order valence-corrected chi connectivity index (χ2v) is 6.53. The molecule has 1 aliphatic heterocycles. The zero-order chi connectivity index (χ0) is 12.4. The summed E-state index contributed by atoms with van der Waals surface area (Å²) in [6.45, 7) is 6.53. The predicted molar refractivity (Wildman–Crippen MR) is 81.0 cm³/mol. The monoisotopic (exact) mass is 312 g/mol. The molecule has 1 aromatic rings. The maximum Gasteiger partial charge on any atom is 0.161 e. The molecule has 2 rings (SSSR count). The predicted octanol–water partition coefficient (Wildman–Crippen LogP) is 4.30. The van der Waals surface area contributed by atoms with Crippen LogP contribution >= 0.6 is 27.7 Å². The van der Waals surface area contributed by atoms with E-state index in [1.807, 2.05) is 0 Å². The molecule has 92 valence electrons. The van der Waals surface area contributed by atoms with E-state index in [2.05, 4.69) is 60.2 Å². The van der Waals surface area contributed by atoms with Crippen LogP contribution in [0.25, 0.3) is 0 Å². The number of amidine groups is 1. The Balaban J connectivity index is 2.09. The molecular weight excluding hydrogens is 296 g/mol. The second-order valence-electron chi connectivity index (χ2n) is 4.66. The maximum atomic E-state index is 4.69. The quantitative estimate of drug-likeness (QED) is 0.880. The van der Waals surface area contributed by atoms with E-state index in [9.17, 15) is 0 Å². The minimum absolute atomic E-state index is 0.451. The van der Waals surface area contributed by atoms with E-state index in [-0.39, 0.29) is 0 Å². The van der Waals surface area contributed by atoms with Gasteiger partial charge in [-0.15, -0.1) is 0 Å². The summed E-state index contributed by atoms with van der Waals surface area (Å²) in [5.41, 5.74) is 2.34. The van der Waals surface area contributed by atoms with Crippen LogP contribution in [0.3, 0.4) is 0 Å². The molecule has 0 aromatic heterocycles. The van der Waals surface area contributed by atoms with Gasteiger partial charge < -0.3 is 5.32 Å². The third-order valence-electron chi connectivity index (χ3n) is 2.81.